The molecule has 5 heteroatoms. The van der Waals surface area contributed by atoms with Crippen LogP contribution in [-0.4, -0.2) is 18.7 Å². The fraction of sp³-hybridized carbons (Fsp3) is 0.417. The minimum absolute atomic E-state index is 0.255. The van der Waals surface area contributed by atoms with Crippen LogP contribution >= 0.6 is 0 Å². The first-order chi connectivity index (χ1) is 7.74. The lowest BCUT2D eigenvalue weighted by atomic mass is 10.1. The largest absolute Gasteiger partial charge is 0.494 e. The van der Waals surface area contributed by atoms with E-state index in [1.165, 1.54) is 7.11 Å². The highest BCUT2D eigenvalue weighted by atomic mass is 19.1. The minimum Gasteiger partial charge on any atom is -0.494 e. The van der Waals surface area contributed by atoms with Crippen molar-refractivity contribution >= 4 is 5.97 Å². The number of hydrogen-bond acceptors (Lipinski definition) is 3. The van der Waals surface area contributed by atoms with Gasteiger partial charge in [0.1, 0.15) is 11.4 Å². The maximum absolute atomic E-state index is 13.5. The summed E-state index contributed by atoms with van der Waals surface area (Å²) in [7, 11) is 1.21. The predicted molar refractivity (Wildman–Crippen MR) is 58.1 cm³/mol. The first-order valence-corrected chi connectivity index (χ1v) is 5.01. The maximum Gasteiger partial charge on any atom is 0.341 e. The molecule has 0 unspecified atom stereocenters. The molecule has 0 fully saturated rings. The molecule has 3 nitrogen and oxygen atoms in total. The Morgan fingerprint density at radius 3 is 2.24 bits per heavy atom. The van der Waals surface area contributed by atoms with Gasteiger partial charge in [0.05, 0.1) is 12.7 Å². The van der Waals surface area contributed by atoms with Crippen LogP contribution in [0.15, 0.2) is 12.1 Å². The molecule has 0 aliphatic carbocycles. The van der Waals surface area contributed by atoms with Gasteiger partial charge in [-0.25, -0.2) is 13.6 Å². The Labute approximate surface area is 98.3 Å². The molecule has 0 amide bonds. The monoisotopic (exact) mass is 244 g/mol. The fourth-order valence-electron chi connectivity index (χ4n) is 1.17. The summed E-state index contributed by atoms with van der Waals surface area (Å²) >= 11 is 0. The van der Waals surface area contributed by atoms with Crippen LogP contribution in [0.5, 0.6) is 5.75 Å². The van der Waals surface area contributed by atoms with E-state index in [-0.39, 0.29) is 5.75 Å². The number of methoxy groups -OCH3 is 1. The third kappa shape index (κ3) is 3.41. The van der Waals surface area contributed by atoms with E-state index in [1.807, 2.05) is 0 Å². The van der Waals surface area contributed by atoms with Crippen LogP contribution in [-0.2, 0) is 4.74 Å². The average Bonchev–Trinajstić information content (AvgIpc) is 2.18. The number of benzene rings is 1. The number of hydrogen-bond donors (Lipinski definition) is 0. The van der Waals surface area contributed by atoms with Crippen molar-refractivity contribution in [1.82, 2.24) is 0 Å². The smallest absolute Gasteiger partial charge is 0.341 e. The van der Waals surface area contributed by atoms with Gasteiger partial charge >= 0.3 is 5.97 Å². The van der Waals surface area contributed by atoms with Crippen molar-refractivity contribution < 1.29 is 23.0 Å². The Morgan fingerprint density at radius 1 is 1.18 bits per heavy atom. The van der Waals surface area contributed by atoms with Crippen LogP contribution in [0, 0.1) is 11.6 Å². The van der Waals surface area contributed by atoms with Gasteiger partial charge in [-0.2, -0.15) is 0 Å². The summed E-state index contributed by atoms with van der Waals surface area (Å²) in [6.07, 6.45) is 0. The Morgan fingerprint density at radius 2 is 1.76 bits per heavy atom. The second kappa shape index (κ2) is 4.69. The molecule has 0 aliphatic heterocycles. The highest BCUT2D eigenvalue weighted by Crippen LogP contribution is 2.23. The van der Waals surface area contributed by atoms with Crippen LogP contribution in [0.4, 0.5) is 8.78 Å². The number of halogens is 2. The van der Waals surface area contributed by atoms with Crippen LogP contribution in [0.2, 0.25) is 0 Å². The summed E-state index contributed by atoms with van der Waals surface area (Å²) in [6.45, 7) is 4.92. The van der Waals surface area contributed by atoms with Gasteiger partial charge in [-0.3, -0.25) is 0 Å². The van der Waals surface area contributed by atoms with E-state index in [9.17, 15) is 13.6 Å². The van der Waals surface area contributed by atoms with E-state index in [2.05, 4.69) is 4.74 Å². The quantitative estimate of drug-likeness (QED) is 0.750. The van der Waals surface area contributed by atoms with Crippen LogP contribution in [0.1, 0.15) is 31.1 Å². The number of carbonyl (C=O) groups excluding carboxylic acids is 1. The molecular formula is C12H14F2O3. The van der Waals surface area contributed by atoms with Crippen LogP contribution < -0.4 is 4.74 Å². The molecule has 0 saturated carbocycles. The number of ether oxygens (including phenoxy) is 2. The Hall–Kier alpha value is -1.65. The SMILES string of the molecule is COc1cc(F)c(C(=O)OC(C)(C)C)cc1F. The molecule has 0 aromatic heterocycles. The number of esters is 1. The van der Waals surface area contributed by atoms with Gasteiger partial charge in [-0.1, -0.05) is 0 Å². The Kier molecular flexibility index (Phi) is 3.70. The van der Waals surface area contributed by atoms with Crippen molar-refractivity contribution in [2.24, 2.45) is 0 Å². The lowest BCUT2D eigenvalue weighted by Gasteiger charge is -2.19. The molecule has 0 atom stereocenters. The zero-order valence-corrected chi connectivity index (χ0v) is 10.1. The second-order valence-corrected chi connectivity index (χ2v) is 4.47. The lowest BCUT2D eigenvalue weighted by molar-refractivity contribution is 0.00641. The third-order valence-electron chi connectivity index (χ3n) is 1.86. The summed E-state index contributed by atoms with van der Waals surface area (Å²) in [6, 6.07) is 1.58. The zero-order valence-electron chi connectivity index (χ0n) is 10.1. The van der Waals surface area contributed by atoms with Gasteiger partial charge in [-0.15, -0.1) is 0 Å². The maximum atomic E-state index is 13.5. The molecule has 1 aromatic rings. The predicted octanol–water partition coefficient (Wildman–Crippen LogP) is 2.93. The third-order valence-corrected chi connectivity index (χ3v) is 1.86. The van der Waals surface area contributed by atoms with Crippen molar-refractivity contribution in [3.63, 3.8) is 0 Å². The van der Waals surface area contributed by atoms with E-state index in [1.54, 1.807) is 20.8 Å². The van der Waals surface area contributed by atoms with Gasteiger partial charge in [0.15, 0.2) is 11.6 Å². The molecule has 1 rings (SSSR count). The van der Waals surface area contributed by atoms with Crippen LogP contribution in [0.3, 0.4) is 0 Å². The molecule has 0 radical (unpaired) electrons. The topological polar surface area (TPSA) is 35.5 Å². The lowest BCUT2D eigenvalue weighted by Crippen LogP contribution is -2.24. The fourth-order valence-corrected chi connectivity index (χ4v) is 1.17. The molecular weight excluding hydrogens is 230 g/mol. The summed E-state index contributed by atoms with van der Waals surface area (Å²) in [5.74, 6) is -2.85. The summed E-state index contributed by atoms with van der Waals surface area (Å²) in [5, 5.41) is 0. The Balaban J connectivity index is 3.07. The summed E-state index contributed by atoms with van der Waals surface area (Å²) in [5.41, 5.74) is -1.21. The molecule has 0 heterocycles. The molecule has 1 aromatic carbocycles. The van der Waals surface area contributed by atoms with Crippen LogP contribution in [0.25, 0.3) is 0 Å². The van der Waals surface area contributed by atoms with Crippen molar-refractivity contribution in [2.45, 2.75) is 26.4 Å². The Bertz CT molecular complexity index is 436. The molecule has 17 heavy (non-hydrogen) atoms. The normalized spacial score (nSPS) is 11.2. The van der Waals surface area contributed by atoms with E-state index < -0.39 is 28.8 Å². The first kappa shape index (κ1) is 13.4. The van der Waals surface area contributed by atoms with Crippen molar-refractivity contribution in [2.75, 3.05) is 7.11 Å². The van der Waals surface area contributed by atoms with Gasteiger partial charge in [0, 0.05) is 6.07 Å². The molecule has 0 saturated heterocycles. The summed E-state index contributed by atoms with van der Waals surface area (Å²) < 4.78 is 36.4. The van der Waals surface area contributed by atoms with Gasteiger partial charge in [-0.05, 0) is 26.8 Å². The van der Waals surface area contributed by atoms with Crippen molar-refractivity contribution in [1.29, 1.82) is 0 Å². The van der Waals surface area contributed by atoms with Crippen molar-refractivity contribution in [3.8, 4) is 5.75 Å². The van der Waals surface area contributed by atoms with Gasteiger partial charge in [0.25, 0.3) is 0 Å². The average molecular weight is 244 g/mol. The standard InChI is InChI=1S/C12H14F2O3/c1-12(2,3)17-11(15)7-5-9(14)10(16-4)6-8(7)13/h5-6H,1-4H3. The molecule has 0 N–H and O–H groups in total. The highest BCUT2D eigenvalue weighted by Gasteiger charge is 2.22. The van der Waals surface area contributed by atoms with Gasteiger partial charge < -0.3 is 9.47 Å². The number of carbonyl (C=O) groups is 1. The van der Waals surface area contributed by atoms with Crippen molar-refractivity contribution in [3.05, 3.63) is 29.3 Å². The van der Waals surface area contributed by atoms with E-state index in [0.717, 1.165) is 12.1 Å². The first-order valence-electron chi connectivity index (χ1n) is 5.01. The molecule has 94 valence electrons. The summed E-state index contributed by atoms with van der Waals surface area (Å²) in [4.78, 5) is 11.6. The molecule has 0 spiro atoms. The van der Waals surface area contributed by atoms with E-state index in [0.29, 0.717) is 0 Å². The molecule has 0 bridgehead atoms. The van der Waals surface area contributed by atoms with E-state index >= 15 is 0 Å². The second-order valence-electron chi connectivity index (χ2n) is 4.47. The molecule has 0 aliphatic rings. The van der Waals surface area contributed by atoms with Gasteiger partial charge in [0.2, 0.25) is 0 Å². The zero-order chi connectivity index (χ0) is 13.2. The number of rotatable bonds is 2. The van der Waals surface area contributed by atoms with E-state index in [4.69, 9.17) is 4.74 Å². The highest BCUT2D eigenvalue weighted by molar-refractivity contribution is 5.90. The minimum atomic E-state index is -0.906.